The van der Waals surface area contributed by atoms with E-state index >= 15 is 0 Å². The number of amides is 2. The zero-order valence-electron chi connectivity index (χ0n) is 18.6. The molecular weight excluding hydrogens is 408 g/mol. The van der Waals surface area contributed by atoms with Crippen LogP contribution in [0.2, 0.25) is 0 Å². The van der Waals surface area contributed by atoms with E-state index in [1.807, 2.05) is 24.3 Å². The lowest BCUT2D eigenvalue weighted by molar-refractivity contribution is -0.143. The number of carbonyl (C=O) groups is 3. The molecule has 1 aliphatic rings. The van der Waals surface area contributed by atoms with E-state index in [2.05, 4.69) is 34.9 Å². The van der Waals surface area contributed by atoms with Gasteiger partial charge in [0.15, 0.2) is 0 Å². The van der Waals surface area contributed by atoms with Crippen LogP contribution in [0.3, 0.4) is 0 Å². The molecule has 0 spiro atoms. The van der Waals surface area contributed by atoms with Crippen molar-refractivity contribution in [3.63, 3.8) is 0 Å². The van der Waals surface area contributed by atoms with Gasteiger partial charge >= 0.3 is 12.1 Å². The summed E-state index contributed by atoms with van der Waals surface area (Å²) in [6.45, 7) is 5.48. The Kier molecular flexibility index (Phi) is 7.51. The normalized spacial score (nSPS) is 14.2. The van der Waals surface area contributed by atoms with Crippen LogP contribution < -0.4 is 10.6 Å². The van der Waals surface area contributed by atoms with E-state index < -0.39 is 18.1 Å². The molecule has 0 bridgehead atoms. The van der Waals surface area contributed by atoms with E-state index in [9.17, 15) is 19.5 Å². The number of rotatable bonds is 9. The molecule has 2 unspecified atom stereocenters. The molecule has 170 valence electrons. The fourth-order valence-electron chi connectivity index (χ4n) is 4.02. The van der Waals surface area contributed by atoms with Crippen molar-refractivity contribution in [3.05, 3.63) is 59.7 Å². The third kappa shape index (κ3) is 5.46. The molecule has 0 heterocycles. The number of hydrogen-bond acceptors (Lipinski definition) is 4. The Morgan fingerprint density at radius 3 is 2.03 bits per heavy atom. The zero-order valence-corrected chi connectivity index (χ0v) is 18.6. The minimum absolute atomic E-state index is 0.0155. The molecule has 0 saturated carbocycles. The number of hydrogen-bond donors (Lipinski definition) is 3. The number of benzene rings is 2. The first-order valence-corrected chi connectivity index (χ1v) is 10.9. The number of carboxylic acid groups (broad SMARTS) is 1. The number of alkyl carbamates (subject to hydrolysis) is 1. The van der Waals surface area contributed by atoms with Gasteiger partial charge in [0.25, 0.3) is 0 Å². The van der Waals surface area contributed by atoms with Crippen LogP contribution in [-0.4, -0.2) is 41.8 Å². The molecule has 0 fully saturated rings. The summed E-state index contributed by atoms with van der Waals surface area (Å²) in [4.78, 5) is 35.6. The molecule has 2 atom stereocenters. The lowest BCUT2D eigenvalue weighted by Gasteiger charge is -2.19. The number of aliphatic carboxylic acids is 1. The van der Waals surface area contributed by atoms with Crippen molar-refractivity contribution in [1.82, 2.24) is 10.6 Å². The zero-order chi connectivity index (χ0) is 23.3. The fraction of sp³-hybridized carbons (Fsp3) is 0.400. The molecule has 32 heavy (non-hydrogen) atoms. The topological polar surface area (TPSA) is 105 Å². The van der Waals surface area contributed by atoms with Crippen LogP contribution in [-0.2, 0) is 14.3 Å². The molecule has 0 aromatic heterocycles. The van der Waals surface area contributed by atoms with Crippen molar-refractivity contribution in [1.29, 1.82) is 0 Å². The van der Waals surface area contributed by atoms with Gasteiger partial charge in [-0.1, -0.05) is 62.4 Å². The maximum absolute atomic E-state index is 12.3. The van der Waals surface area contributed by atoms with Crippen LogP contribution in [0, 0.1) is 5.92 Å². The first kappa shape index (κ1) is 23.3. The van der Waals surface area contributed by atoms with Gasteiger partial charge in [0.1, 0.15) is 12.6 Å². The fourth-order valence-corrected chi connectivity index (χ4v) is 4.02. The molecule has 0 aliphatic heterocycles. The van der Waals surface area contributed by atoms with E-state index in [4.69, 9.17) is 4.74 Å². The summed E-state index contributed by atoms with van der Waals surface area (Å²) < 4.78 is 5.52. The smallest absolute Gasteiger partial charge is 0.407 e. The van der Waals surface area contributed by atoms with Crippen molar-refractivity contribution in [3.8, 4) is 11.1 Å². The van der Waals surface area contributed by atoms with Crippen LogP contribution >= 0.6 is 0 Å². The standard InChI is InChI=1S/C25H30N2O5/c1-15(2)23(24(29)30)27-22(28)13-12-16(3)26-25(31)32-14-21-19-10-6-4-8-17(19)18-9-5-7-11-20(18)21/h4-11,15-16,21,23H,12-14H2,1-3H3,(H,26,31)(H,27,28)(H,29,30). The lowest BCUT2D eigenvalue weighted by Crippen LogP contribution is -2.44. The van der Waals surface area contributed by atoms with Gasteiger partial charge in [-0.25, -0.2) is 9.59 Å². The third-order valence-electron chi connectivity index (χ3n) is 5.76. The van der Waals surface area contributed by atoms with Crippen molar-refractivity contribution in [2.45, 2.75) is 51.6 Å². The Bertz CT molecular complexity index is 942. The Balaban J connectivity index is 1.48. The third-order valence-corrected chi connectivity index (χ3v) is 5.76. The van der Waals surface area contributed by atoms with E-state index in [0.29, 0.717) is 6.42 Å². The molecule has 0 saturated heterocycles. The monoisotopic (exact) mass is 438 g/mol. The van der Waals surface area contributed by atoms with Gasteiger partial charge in [-0.3, -0.25) is 4.79 Å². The summed E-state index contributed by atoms with van der Waals surface area (Å²) >= 11 is 0. The Morgan fingerprint density at radius 1 is 0.938 bits per heavy atom. The Morgan fingerprint density at radius 2 is 1.50 bits per heavy atom. The van der Waals surface area contributed by atoms with Crippen molar-refractivity contribution < 1.29 is 24.2 Å². The Hall–Kier alpha value is -3.35. The minimum Gasteiger partial charge on any atom is -0.480 e. The maximum Gasteiger partial charge on any atom is 0.407 e. The van der Waals surface area contributed by atoms with Crippen LogP contribution in [0.15, 0.2) is 48.5 Å². The quantitative estimate of drug-likeness (QED) is 0.550. The van der Waals surface area contributed by atoms with Crippen LogP contribution in [0.5, 0.6) is 0 Å². The average Bonchev–Trinajstić information content (AvgIpc) is 3.08. The largest absolute Gasteiger partial charge is 0.480 e. The van der Waals surface area contributed by atoms with Crippen LogP contribution in [0.1, 0.15) is 50.7 Å². The molecule has 7 heteroatoms. The summed E-state index contributed by atoms with van der Waals surface area (Å²) in [5.74, 6) is -1.64. The number of carbonyl (C=O) groups excluding carboxylic acids is 2. The summed E-state index contributed by atoms with van der Waals surface area (Å²) in [7, 11) is 0. The van der Waals surface area contributed by atoms with Crippen LogP contribution in [0.25, 0.3) is 11.1 Å². The van der Waals surface area contributed by atoms with Gasteiger partial charge in [-0.2, -0.15) is 0 Å². The van der Waals surface area contributed by atoms with Gasteiger partial charge < -0.3 is 20.5 Å². The van der Waals surface area contributed by atoms with Crippen molar-refractivity contribution in [2.75, 3.05) is 6.61 Å². The molecule has 1 aliphatic carbocycles. The maximum atomic E-state index is 12.3. The summed E-state index contributed by atoms with van der Waals surface area (Å²) in [6, 6.07) is 15.0. The lowest BCUT2D eigenvalue weighted by atomic mass is 9.98. The van der Waals surface area contributed by atoms with Gasteiger partial charge in [0.2, 0.25) is 5.91 Å². The SMILES string of the molecule is CC(CCC(=O)NC(C(=O)O)C(C)C)NC(=O)OCC1c2ccccc2-c2ccccc21. The average molecular weight is 439 g/mol. The number of fused-ring (bicyclic) bond motifs is 3. The summed E-state index contributed by atoms with van der Waals surface area (Å²) in [5.41, 5.74) is 4.61. The minimum atomic E-state index is -1.06. The molecule has 3 rings (SSSR count). The van der Waals surface area contributed by atoms with Gasteiger partial charge in [-0.15, -0.1) is 0 Å². The predicted octanol–water partition coefficient (Wildman–Crippen LogP) is 3.92. The molecule has 2 aromatic carbocycles. The van der Waals surface area contributed by atoms with E-state index in [0.717, 1.165) is 22.3 Å². The van der Waals surface area contributed by atoms with Crippen molar-refractivity contribution in [2.24, 2.45) is 5.92 Å². The molecule has 2 aromatic rings. The summed E-state index contributed by atoms with van der Waals surface area (Å²) in [6.07, 6.45) is -0.0488. The number of nitrogens with one attached hydrogen (secondary N) is 2. The first-order chi connectivity index (χ1) is 15.3. The number of carboxylic acids is 1. The highest BCUT2D eigenvalue weighted by Gasteiger charge is 2.29. The number of ether oxygens (including phenoxy) is 1. The molecule has 7 nitrogen and oxygen atoms in total. The second kappa shape index (κ2) is 10.3. The van der Waals surface area contributed by atoms with Gasteiger partial charge in [0, 0.05) is 18.4 Å². The van der Waals surface area contributed by atoms with Crippen LogP contribution in [0.4, 0.5) is 4.79 Å². The molecule has 3 N–H and O–H groups in total. The highest BCUT2D eigenvalue weighted by molar-refractivity contribution is 5.83. The van der Waals surface area contributed by atoms with Gasteiger partial charge in [-0.05, 0) is 41.5 Å². The summed E-state index contributed by atoms with van der Waals surface area (Å²) in [5, 5.41) is 14.4. The predicted molar refractivity (Wildman–Crippen MR) is 121 cm³/mol. The van der Waals surface area contributed by atoms with E-state index in [1.54, 1.807) is 20.8 Å². The van der Waals surface area contributed by atoms with E-state index in [1.165, 1.54) is 0 Å². The highest BCUT2D eigenvalue weighted by Crippen LogP contribution is 2.44. The molecule has 0 radical (unpaired) electrons. The first-order valence-electron chi connectivity index (χ1n) is 10.9. The van der Waals surface area contributed by atoms with E-state index in [-0.39, 0.29) is 36.8 Å². The Labute approximate surface area is 188 Å². The van der Waals surface area contributed by atoms with Crippen molar-refractivity contribution >= 4 is 18.0 Å². The molecule has 2 amide bonds. The second-order valence-electron chi connectivity index (χ2n) is 8.54. The highest BCUT2D eigenvalue weighted by atomic mass is 16.5. The molecular formula is C25H30N2O5. The second-order valence-corrected chi connectivity index (χ2v) is 8.54. The van der Waals surface area contributed by atoms with Gasteiger partial charge in [0.05, 0.1) is 0 Å².